The highest BCUT2D eigenvalue weighted by molar-refractivity contribution is 5.93. The number of nitriles is 1. The van der Waals surface area contributed by atoms with Gasteiger partial charge in [0.2, 0.25) is 5.91 Å². The largest absolute Gasteiger partial charge is 0.366 e. The number of rotatable bonds is 3. The van der Waals surface area contributed by atoms with Gasteiger partial charge in [-0.3, -0.25) is 9.79 Å². The Hall–Kier alpha value is -2.93. The first kappa shape index (κ1) is 12.5. The van der Waals surface area contributed by atoms with Crippen LogP contribution in [-0.4, -0.2) is 12.1 Å². The van der Waals surface area contributed by atoms with Crippen LogP contribution >= 0.6 is 0 Å². The highest BCUT2D eigenvalue weighted by Crippen LogP contribution is 2.13. The van der Waals surface area contributed by atoms with Gasteiger partial charge in [-0.15, -0.1) is 0 Å². The minimum absolute atomic E-state index is 0.456. The van der Waals surface area contributed by atoms with Crippen molar-refractivity contribution in [3.63, 3.8) is 0 Å². The Balaban J connectivity index is 2.13. The van der Waals surface area contributed by atoms with E-state index in [1.54, 1.807) is 42.6 Å². The fourth-order valence-corrected chi connectivity index (χ4v) is 1.50. The van der Waals surface area contributed by atoms with Crippen molar-refractivity contribution in [2.45, 2.75) is 0 Å². The number of carbonyl (C=O) groups excluding carboxylic acids is 1. The van der Waals surface area contributed by atoms with E-state index in [0.29, 0.717) is 11.1 Å². The van der Waals surface area contributed by atoms with Crippen LogP contribution in [0.3, 0.4) is 0 Å². The maximum atomic E-state index is 10.9. The normalized spacial score (nSPS) is 10.3. The third-order valence-corrected chi connectivity index (χ3v) is 2.55. The standard InChI is InChI=1S/C15H11N3O/c16-9-11-1-3-12(4-2-11)10-18-14-7-5-13(6-8-14)15(17)19/h1-8,10H,(H2,17,19). The maximum Gasteiger partial charge on any atom is 0.248 e. The molecule has 0 fully saturated rings. The van der Waals surface area contributed by atoms with Crippen LogP contribution in [0.5, 0.6) is 0 Å². The molecule has 0 aromatic heterocycles. The summed E-state index contributed by atoms with van der Waals surface area (Å²) in [5.41, 5.74) is 7.85. The fourth-order valence-electron chi connectivity index (χ4n) is 1.50. The molecule has 4 nitrogen and oxygen atoms in total. The van der Waals surface area contributed by atoms with Gasteiger partial charge in [-0.1, -0.05) is 12.1 Å². The minimum Gasteiger partial charge on any atom is -0.366 e. The van der Waals surface area contributed by atoms with Crippen LogP contribution in [-0.2, 0) is 0 Å². The molecule has 0 spiro atoms. The molecule has 0 atom stereocenters. The first-order valence-electron chi connectivity index (χ1n) is 5.63. The topological polar surface area (TPSA) is 79.2 Å². The lowest BCUT2D eigenvalue weighted by Gasteiger charge is -1.97. The molecule has 1 amide bonds. The highest BCUT2D eigenvalue weighted by atomic mass is 16.1. The summed E-state index contributed by atoms with van der Waals surface area (Å²) in [6.07, 6.45) is 1.69. The van der Waals surface area contributed by atoms with Gasteiger partial charge in [0, 0.05) is 11.8 Å². The first-order chi connectivity index (χ1) is 9.19. The van der Waals surface area contributed by atoms with Crippen LogP contribution in [0.25, 0.3) is 0 Å². The summed E-state index contributed by atoms with van der Waals surface area (Å²) in [7, 11) is 0. The van der Waals surface area contributed by atoms with Crippen molar-refractivity contribution in [3.05, 3.63) is 65.2 Å². The van der Waals surface area contributed by atoms with Crippen LogP contribution in [0.15, 0.2) is 53.5 Å². The van der Waals surface area contributed by atoms with Crippen LogP contribution in [0.1, 0.15) is 21.5 Å². The summed E-state index contributed by atoms with van der Waals surface area (Å²) in [5.74, 6) is -0.456. The molecule has 0 aliphatic carbocycles. The van der Waals surface area contributed by atoms with E-state index in [1.807, 2.05) is 12.1 Å². The average Bonchev–Trinajstić information content (AvgIpc) is 2.46. The monoisotopic (exact) mass is 249 g/mol. The van der Waals surface area contributed by atoms with E-state index in [4.69, 9.17) is 11.0 Å². The predicted octanol–water partition coefficient (Wildman–Crippen LogP) is 2.41. The van der Waals surface area contributed by atoms with E-state index in [0.717, 1.165) is 11.3 Å². The van der Waals surface area contributed by atoms with Crippen molar-refractivity contribution in [2.75, 3.05) is 0 Å². The number of benzene rings is 2. The van der Waals surface area contributed by atoms with Gasteiger partial charge in [0.1, 0.15) is 0 Å². The highest BCUT2D eigenvalue weighted by Gasteiger charge is 1.98. The molecule has 0 unspecified atom stereocenters. The fraction of sp³-hybridized carbons (Fsp3) is 0. The molecule has 2 aromatic rings. The zero-order valence-electron chi connectivity index (χ0n) is 10.1. The Kier molecular flexibility index (Phi) is 3.70. The van der Waals surface area contributed by atoms with E-state index in [-0.39, 0.29) is 0 Å². The van der Waals surface area contributed by atoms with Gasteiger partial charge in [0.25, 0.3) is 0 Å². The molecule has 0 aliphatic rings. The molecule has 0 saturated carbocycles. The molecule has 2 N–H and O–H groups in total. The molecule has 2 aromatic carbocycles. The van der Waals surface area contributed by atoms with Gasteiger partial charge >= 0.3 is 0 Å². The van der Waals surface area contributed by atoms with E-state index >= 15 is 0 Å². The molecular formula is C15H11N3O. The molecule has 0 radical (unpaired) electrons. The van der Waals surface area contributed by atoms with Gasteiger partial charge in [0.15, 0.2) is 0 Å². The Bertz CT molecular complexity index is 649. The lowest BCUT2D eigenvalue weighted by atomic mass is 10.1. The Morgan fingerprint density at radius 1 is 1.11 bits per heavy atom. The molecule has 4 heteroatoms. The van der Waals surface area contributed by atoms with E-state index in [1.165, 1.54) is 0 Å². The van der Waals surface area contributed by atoms with Gasteiger partial charge in [-0.2, -0.15) is 5.26 Å². The summed E-state index contributed by atoms with van der Waals surface area (Å²) < 4.78 is 0. The summed E-state index contributed by atoms with van der Waals surface area (Å²) in [5, 5.41) is 8.69. The second-order valence-electron chi connectivity index (χ2n) is 3.90. The zero-order chi connectivity index (χ0) is 13.7. The second kappa shape index (κ2) is 5.61. The third-order valence-electron chi connectivity index (χ3n) is 2.55. The maximum absolute atomic E-state index is 10.9. The smallest absolute Gasteiger partial charge is 0.248 e. The summed E-state index contributed by atoms with van der Waals surface area (Å²) in [6, 6.07) is 15.9. The van der Waals surface area contributed by atoms with Crippen molar-refractivity contribution in [2.24, 2.45) is 10.7 Å². The van der Waals surface area contributed by atoms with Crippen LogP contribution in [0.2, 0.25) is 0 Å². The van der Waals surface area contributed by atoms with Crippen molar-refractivity contribution in [3.8, 4) is 6.07 Å². The number of nitrogens with zero attached hydrogens (tertiary/aromatic N) is 2. The number of amides is 1. The van der Waals surface area contributed by atoms with Crippen LogP contribution in [0, 0.1) is 11.3 Å². The zero-order valence-corrected chi connectivity index (χ0v) is 10.1. The molecule has 0 saturated heterocycles. The van der Waals surface area contributed by atoms with Gasteiger partial charge in [0.05, 0.1) is 17.3 Å². The Morgan fingerprint density at radius 2 is 1.74 bits per heavy atom. The number of nitrogens with two attached hydrogens (primary N) is 1. The molecular weight excluding hydrogens is 238 g/mol. The Labute approximate surface area is 110 Å². The van der Waals surface area contributed by atoms with E-state index in [9.17, 15) is 4.79 Å². The third kappa shape index (κ3) is 3.27. The van der Waals surface area contributed by atoms with Crippen LogP contribution < -0.4 is 5.73 Å². The van der Waals surface area contributed by atoms with Gasteiger partial charge in [-0.25, -0.2) is 0 Å². The Morgan fingerprint density at radius 3 is 2.26 bits per heavy atom. The second-order valence-corrected chi connectivity index (χ2v) is 3.90. The SMILES string of the molecule is N#Cc1ccc(C=Nc2ccc(C(N)=O)cc2)cc1. The number of carbonyl (C=O) groups is 1. The summed E-state index contributed by atoms with van der Waals surface area (Å²) in [4.78, 5) is 15.2. The minimum atomic E-state index is -0.456. The number of hydrogen-bond acceptors (Lipinski definition) is 3. The summed E-state index contributed by atoms with van der Waals surface area (Å²) >= 11 is 0. The molecule has 2 rings (SSSR count). The molecule has 0 heterocycles. The first-order valence-corrected chi connectivity index (χ1v) is 5.63. The molecule has 92 valence electrons. The quantitative estimate of drug-likeness (QED) is 0.847. The number of primary amides is 1. The lowest BCUT2D eigenvalue weighted by molar-refractivity contribution is 0.100. The van der Waals surface area contributed by atoms with E-state index in [2.05, 4.69) is 11.1 Å². The molecule has 19 heavy (non-hydrogen) atoms. The number of hydrogen-bond donors (Lipinski definition) is 1. The molecule has 0 bridgehead atoms. The summed E-state index contributed by atoms with van der Waals surface area (Å²) in [6.45, 7) is 0. The van der Waals surface area contributed by atoms with Gasteiger partial charge in [-0.05, 0) is 42.0 Å². The van der Waals surface area contributed by atoms with E-state index < -0.39 is 5.91 Å². The van der Waals surface area contributed by atoms with Crippen molar-refractivity contribution in [1.29, 1.82) is 5.26 Å². The average molecular weight is 249 g/mol. The lowest BCUT2D eigenvalue weighted by Crippen LogP contribution is -2.10. The predicted molar refractivity (Wildman–Crippen MR) is 73.4 cm³/mol. The number of aliphatic imine (C=N–C) groups is 1. The van der Waals surface area contributed by atoms with Crippen LogP contribution in [0.4, 0.5) is 5.69 Å². The van der Waals surface area contributed by atoms with Crippen molar-refractivity contribution < 1.29 is 4.79 Å². The van der Waals surface area contributed by atoms with Crippen molar-refractivity contribution >= 4 is 17.8 Å². The van der Waals surface area contributed by atoms with Gasteiger partial charge < -0.3 is 5.73 Å². The molecule has 0 aliphatic heterocycles. The van der Waals surface area contributed by atoms with Crippen molar-refractivity contribution in [1.82, 2.24) is 0 Å².